The number of nitrogens with zero attached hydrogens (tertiary/aromatic N) is 1. The number of amides is 1. The van der Waals surface area contributed by atoms with Gasteiger partial charge >= 0.3 is 0 Å². The maximum Gasteiger partial charge on any atom is 0.223 e. The van der Waals surface area contributed by atoms with Gasteiger partial charge in [0.15, 0.2) is 0 Å². The van der Waals surface area contributed by atoms with Crippen LogP contribution >= 0.6 is 0 Å². The van der Waals surface area contributed by atoms with Crippen LogP contribution in [0.15, 0.2) is 24.3 Å². The molecule has 0 unspecified atom stereocenters. The molecule has 0 aliphatic carbocycles. The average Bonchev–Trinajstić information content (AvgIpc) is 2.73. The summed E-state index contributed by atoms with van der Waals surface area (Å²) >= 11 is 0. The fraction of sp³-hybridized carbons (Fsp3) is 0.348. The summed E-state index contributed by atoms with van der Waals surface area (Å²) < 4.78 is 5.28. The highest BCUT2D eigenvalue weighted by molar-refractivity contribution is 5.76. The second-order valence-electron chi connectivity index (χ2n) is 7.22. The maximum absolute atomic E-state index is 12.3. The Balaban J connectivity index is 1.74. The van der Waals surface area contributed by atoms with Crippen LogP contribution in [0.4, 0.5) is 0 Å². The highest BCUT2D eigenvalue weighted by atomic mass is 16.5. The molecule has 0 radical (unpaired) electrons. The van der Waals surface area contributed by atoms with Crippen molar-refractivity contribution >= 4 is 18.6 Å². The van der Waals surface area contributed by atoms with Crippen LogP contribution in [0.1, 0.15) is 28.7 Å². The fourth-order valence-electron chi connectivity index (χ4n) is 3.40. The summed E-state index contributed by atoms with van der Waals surface area (Å²) in [6.07, 6.45) is 3.03. The Bertz CT molecular complexity index is 938. The Morgan fingerprint density at radius 2 is 1.75 bits per heavy atom. The van der Waals surface area contributed by atoms with E-state index in [1.165, 1.54) is 0 Å². The van der Waals surface area contributed by atoms with Gasteiger partial charge in [0.1, 0.15) is 11.5 Å². The van der Waals surface area contributed by atoms with Crippen molar-refractivity contribution in [1.82, 2.24) is 4.90 Å². The molecule has 28 heavy (non-hydrogen) atoms. The Morgan fingerprint density at radius 1 is 1.11 bits per heavy atom. The normalized spacial score (nSPS) is 15.1. The number of aryl methyl sites for hydroxylation is 1. The number of ether oxygens (including phenoxy) is 1. The van der Waals surface area contributed by atoms with E-state index in [9.17, 15) is 15.0 Å². The van der Waals surface area contributed by atoms with Crippen molar-refractivity contribution in [2.75, 3.05) is 26.3 Å². The van der Waals surface area contributed by atoms with E-state index in [4.69, 9.17) is 4.74 Å². The van der Waals surface area contributed by atoms with Crippen molar-refractivity contribution in [1.29, 1.82) is 0 Å². The Hall–Kier alpha value is -2.79. The number of carbonyl (C=O) groups excluding carboxylic acids is 1. The van der Waals surface area contributed by atoms with Gasteiger partial charge in [-0.3, -0.25) is 4.79 Å². The van der Waals surface area contributed by atoms with Gasteiger partial charge in [-0.15, -0.1) is 0 Å². The number of aromatic hydroxyl groups is 2. The van der Waals surface area contributed by atoms with Crippen LogP contribution in [0.25, 0.3) is 12.7 Å². The SMILES string of the molecule is C=c1c(C)c(O)c(=Cc2ccc(CCC(=O)N3CCOCC3)cc2)c(C)c1O. The smallest absolute Gasteiger partial charge is 0.223 e. The summed E-state index contributed by atoms with van der Waals surface area (Å²) in [5.74, 6) is 0.416. The molecule has 1 saturated heterocycles. The third-order valence-corrected chi connectivity index (χ3v) is 5.39. The number of carbonyl (C=O) groups is 1. The van der Waals surface area contributed by atoms with Crippen molar-refractivity contribution < 1.29 is 19.7 Å². The first-order chi connectivity index (χ1) is 13.4. The molecular weight excluding hydrogens is 354 g/mol. The molecule has 2 N–H and O–H groups in total. The molecular formula is C23H27NO4. The zero-order valence-electron chi connectivity index (χ0n) is 16.5. The minimum Gasteiger partial charge on any atom is -0.507 e. The molecule has 1 fully saturated rings. The van der Waals surface area contributed by atoms with Gasteiger partial charge in [-0.05, 0) is 37.5 Å². The fourth-order valence-corrected chi connectivity index (χ4v) is 3.40. The molecule has 1 amide bonds. The topological polar surface area (TPSA) is 70.0 Å². The Labute approximate surface area is 165 Å². The van der Waals surface area contributed by atoms with Gasteiger partial charge in [-0.1, -0.05) is 30.8 Å². The van der Waals surface area contributed by atoms with Crippen molar-refractivity contribution in [3.63, 3.8) is 0 Å². The lowest BCUT2D eigenvalue weighted by molar-refractivity contribution is -0.135. The lowest BCUT2D eigenvalue weighted by atomic mass is 10.0. The summed E-state index contributed by atoms with van der Waals surface area (Å²) in [5, 5.41) is 21.7. The second-order valence-corrected chi connectivity index (χ2v) is 7.22. The van der Waals surface area contributed by atoms with E-state index in [-0.39, 0.29) is 17.4 Å². The van der Waals surface area contributed by atoms with Crippen molar-refractivity contribution in [2.45, 2.75) is 26.7 Å². The molecule has 5 heteroatoms. The van der Waals surface area contributed by atoms with Crippen LogP contribution in [-0.4, -0.2) is 47.3 Å². The summed E-state index contributed by atoms with van der Waals surface area (Å²) in [6.45, 7) is 9.90. The first-order valence-electron chi connectivity index (χ1n) is 9.54. The third-order valence-electron chi connectivity index (χ3n) is 5.39. The zero-order chi connectivity index (χ0) is 20.3. The number of rotatable bonds is 4. The number of benzene rings is 2. The number of phenolic OH excluding ortho intramolecular Hbond substituents is 2. The highest BCUT2D eigenvalue weighted by Gasteiger charge is 2.16. The maximum atomic E-state index is 12.3. The van der Waals surface area contributed by atoms with Gasteiger partial charge < -0.3 is 19.8 Å². The summed E-state index contributed by atoms with van der Waals surface area (Å²) in [4.78, 5) is 14.1. The lowest BCUT2D eigenvalue weighted by Crippen LogP contribution is -2.40. The summed E-state index contributed by atoms with van der Waals surface area (Å²) in [5.41, 5.74) is 3.19. The highest BCUT2D eigenvalue weighted by Crippen LogP contribution is 2.16. The molecule has 148 valence electrons. The van der Waals surface area contributed by atoms with Gasteiger partial charge in [-0.2, -0.15) is 0 Å². The van der Waals surface area contributed by atoms with E-state index in [1.54, 1.807) is 13.8 Å². The molecule has 0 aromatic heterocycles. The Kier molecular flexibility index (Phi) is 6.05. The molecule has 0 spiro atoms. The lowest BCUT2D eigenvalue weighted by Gasteiger charge is -2.26. The van der Waals surface area contributed by atoms with E-state index < -0.39 is 0 Å². The minimum absolute atomic E-state index is 0.111. The molecule has 2 aromatic rings. The van der Waals surface area contributed by atoms with Crippen LogP contribution in [0.2, 0.25) is 0 Å². The standard InChI is InChI=1S/C23H27NO4/c1-15-16(2)23(27)20(17(3)22(15)26)14-19-6-4-18(5-7-19)8-9-21(25)24-10-12-28-13-11-24/h4-7,14,26-27H,1,8-13H2,2-3H3. The number of hydrogen-bond donors (Lipinski definition) is 2. The van der Waals surface area contributed by atoms with Gasteiger partial charge in [0, 0.05) is 41.1 Å². The minimum atomic E-state index is 0.111. The first kappa shape index (κ1) is 20.0. The van der Waals surface area contributed by atoms with Crippen molar-refractivity contribution in [3.05, 3.63) is 57.0 Å². The molecule has 2 aromatic carbocycles. The van der Waals surface area contributed by atoms with Crippen LogP contribution in [0.3, 0.4) is 0 Å². The second kappa shape index (κ2) is 8.48. The largest absolute Gasteiger partial charge is 0.507 e. The van der Waals surface area contributed by atoms with E-state index in [0.717, 1.165) is 11.1 Å². The zero-order valence-corrected chi connectivity index (χ0v) is 16.5. The first-order valence-corrected chi connectivity index (χ1v) is 9.54. The van der Waals surface area contributed by atoms with Crippen LogP contribution in [-0.2, 0) is 16.0 Å². The van der Waals surface area contributed by atoms with Crippen molar-refractivity contribution in [3.8, 4) is 11.5 Å². The van der Waals surface area contributed by atoms with Gasteiger partial charge in [0.05, 0.1) is 13.2 Å². The number of hydrogen-bond acceptors (Lipinski definition) is 4. The van der Waals surface area contributed by atoms with E-state index in [1.807, 2.05) is 35.2 Å². The third kappa shape index (κ3) is 4.20. The monoisotopic (exact) mass is 381 g/mol. The van der Waals surface area contributed by atoms with E-state index >= 15 is 0 Å². The predicted molar refractivity (Wildman–Crippen MR) is 110 cm³/mol. The van der Waals surface area contributed by atoms with Crippen molar-refractivity contribution in [2.24, 2.45) is 0 Å². The molecule has 0 bridgehead atoms. The van der Waals surface area contributed by atoms with Crippen LogP contribution in [0, 0.1) is 13.8 Å². The number of morpholine rings is 1. The molecule has 1 heterocycles. The van der Waals surface area contributed by atoms with Crippen LogP contribution in [0.5, 0.6) is 11.5 Å². The average molecular weight is 381 g/mol. The molecule has 1 aliphatic rings. The summed E-state index contributed by atoms with van der Waals surface area (Å²) in [6, 6.07) is 7.90. The van der Waals surface area contributed by atoms with E-state index in [2.05, 4.69) is 6.58 Å². The molecule has 1 aliphatic heterocycles. The quantitative estimate of drug-likeness (QED) is 0.792. The molecule has 3 rings (SSSR count). The van der Waals surface area contributed by atoms with Crippen LogP contribution < -0.4 is 10.4 Å². The Morgan fingerprint density at radius 3 is 2.39 bits per heavy atom. The van der Waals surface area contributed by atoms with Gasteiger partial charge in [0.25, 0.3) is 0 Å². The molecule has 0 atom stereocenters. The van der Waals surface area contributed by atoms with E-state index in [0.29, 0.717) is 60.7 Å². The predicted octanol–water partition coefficient (Wildman–Crippen LogP) is 1.75. The molecule has 5 nitrogen and oxygen atoms in total. The molecule has 0 saturated carbocycles. The van der Waals surface area contributed by atoms with Gasteiger partial charge in [0.2, 0.25) is 5.91 Å². The van der Waals surface area contributed by atoms with Gasteiger partial charge in [-0.25, -0.2) is 0 Å². The number of phenols is 2. The summed E-state index contributed by atoms with van der Waals surface area (Å²) in [7, 11) is 0.